The molecule has 25 heavy (non-hydrogen) atoms. The van der Waals surface area contributed by atoms with Crippen molar-refractivity contribution in [2.45, 2.75) is 20.0 Å². The van der Waals surface area contributed by atoms with Gasteiger partial charge in [-0.25, -0.2) is 4.79 Å². The number of amides is 3. The molecular formula is C18H20ClN3O3. The fraction of sp³-hybridized carbons (Fsp3) is 0.222. The van der Waals surface area contributed by atoms with E-state index in [0.717, 1.165) is 5.56 Å². The van der Waals surface area contributed by atoms with Crippen LogP contribution in [0.25, 0.3) is 0 Å². The highest BCUT2D eigenvalue weighted by Gasteiger charge is 2.16. The molecule has 3 N–H and O–H groups in total. The van der Waals surface area contributed by atoms with E-state index in [2.05, 4.69) is 16.0 Å². The van der Waals surface area contributed by atoms with Crippen LogP contribution in [0.15, 0.2) is 42.5 Å². The lowest BCUT2D eigenvalue weighted by atomic mass is 10.2. The third-order valence-corrected chi connectivity index (χ3v) is 3.68. The monoisotopic (exact) mass is 361 g/mol. The Bertz CT molecular complexity index is 763. The van der Waals surface area contributed by atoms with E-state index in [4.69, 9.17) is 16.3 Å². The summed E-state index contributed by atoms with van der Waals surface area (Å²) in [5, 5.41) is 8.49. The quantitative estimate of drug-likeness (QED) is 0.757. The third-order valence-electron chi connectivity index (χ3n) is 3.45. The molecule has 132 valence electrons. The van der Waals surface area contributed by atoms with Crippen molar-refractivity contribution in [3.8, 4) is 5.75 Å². The summed E-state index contributed by atoms with van der Waals surface area (Å²) in [5.41, 5.74) is 2.09. The Morgan fingerprint density at radius 2 is 1.64 bits per heavy atom. The molecule has 0 saturated heterocycles. The molecular weight excluding hydrogens is 342 g/mol. The Balaban J connectivity index is 1.95. The van der Waals surface area contributed by atoms with E-state index >= 15 is 0 Å². The normalized spacial score (nSPS) is 11.4. The lowest BCUT2D eigenvalue weighted by Crippen LogP contribution is -2.30. The number of ether oxygens (including phenoxy) is 1. The average Bonchev–Trinajstić information content (AvgIpc) is 2.58. The Labute approximate surface area is 151 Å². The van der Waals surface area contributed by atoms with Crippen LogP contribution in [0.4, 0.5) is 16.2 Å². The van der Waals surface area contributed by atoms with E-state index in [1.165, 1.54) is 7.05 Å². The summed E-state index contributed by atoms with van der Waals surface area (Å²) in [6, 6.07) is 11.7. The molecule has 0 fully saturated rings. The minimum Gasteiger partial charge on any atom is -0.481 e. The molecule has 0 unspecified atom stereocenters. The summed E-state index contributed by atoms with van der Waals surface area (Å²) >= 11 is 5.91. The van der Waals surface area contributed by atoms with Gasteiger partial charge in [0.05, 0.1) is 0 Å². The summed E-state index contributed by atoms with van der Waals surface area (Å²) in [5.74, 6) is 0.332. The highest BCUT2D eigenvalue weighted by atomic mass is 35.5. The van der Waals surface area contributed by atoms with Gasteiger partial charge in [-0.3, -0.25) is 4.79 Å². The van der Waals surface area contributed by atoms with Crippen molar-refractivity contribution in [3.63, 3.8) is 0 Å². The molecule has 0 aliphatic rings. The molecule has 0 aliphatic carbocycles. The topological polar surface area (TPSA) is 79.5 Å². The zero-order chi connectivity index (χ0) is 18.4. The van der Waals surface area contributed by atoms with Crippen LogP contribution in [-0.2, 0) is 4.79 Å². The highest BCUT2D eigenvalue weighted by molar-refractivity contribution is 6.30. The fourth-order valence-electron chi connectivity index (χ4n) is 2.06. The molecule has 6 nitrogen and oxygen atoms in total. The molecule has 2 aromatic carbocycles. The van der Waals surface area contributed by atoms with Gasteiger partial charge in [-0.05, 0) is 61.9 Å². The Morgan fingerprint density at radius 1 is 1.04 bits per heavy atom. The maximum absolute atomic E-state index is 12.3. The van der Waals surface area contributed by atoms with Gasteiger partial charge >= 0.3 is 6.03 Å². The molecule has 0 heterocycles. The van der Waals surface area contributed by atoms with Gasteiger partial charge in [-0.1, -0.05) is 11.6 Å². The van der Waals surface area contributed by atoms with Gasteiger partial charge in [-0.15, -0.1) is 0 Å². The van der Waals surface area contributed by atoms with E-state index in [0.29, 0.717) is 22.1 Å². The van der Waals surface area contributed by atoms with Gasteiger partial charge in [0.1, 0.15) is 5.75 Å². The number of carbonyl (C=O) groups is 2. The summed E-state index contributed by atoms with van der Waals surface area (Å²) in [7, 11) is 1.54. The second-order valence-corrected chi connectivity index (χ2v) is 5.88. The number of urea groups is 1. The second kappa shape index (κ2) is 8.39. The van der Waals surface area contributed by atoms with Crippen LogP contribution in [0.2, 0.25) is 5.02 Å². The zero-order valence-electron chi connectivity index (χ0n) is 14.2. The fourth-order valence-corrected chi connectivity index (χ4v) is 2.29. The van der Waals surface area contributed by atoms with E-state index in [9.17, 15) is 9.59 Å². The number of aryl methyl sites for hydroxylation is 1. The third kappa shape index (κ3) is 5.39. The average molecular weight is 362 g/mol. The number of nitrogens with one attached hydrogen (secondary N) is 3. The van der Waals surface area contributed by atoms with Crippen molar-refractivity contribution in [1.82, 2.24) is 5.32 Å². The van der Waals surface area contributed by atoms with Crippen LogP contribution in [0.3, 0.4) is 0 Å². The van der Waals surface area contributed by atoms with Crippen LogP contribution in [0.5, 0.6) is 5.75 Å². The first kappa shape index (κ1) is 18.6. The minimum atomic E-state index is -0.677. The van der Waals surface area contributed by atoms with Crippen LogP contribution >= 0.6 is 11.6 Å². The zero-order valence-corrected chi connectivity index (χ0v) is 15.0. The van der Waals surface area contributed by atoms with E-state index in [1.807, 2.05) is 6.92 Å². The SMILES string of the molecule is CNC(=O)Nc1ccc(NC(=O)[C@H](C)Oc2ccc(Cl)cc2C)cc1. The van der Waals surface area contributed by atoms with Gasteiger partial charge in [0.2, 0.25) is 0 Å². The second-order valence-electron chi connectivity index (χ2n) is 5.44. The molecule has 2 rings (SSSR count). The number of hydrogen-bond acceptors (Lipinski definition) is 3. The Hall–Kier alpha value is -2.73. The molecule has 0 spiro atoms. The van der Waals surface area contributed by atoms with Crippen LogP contribution < -0.4 is 20.7 Å². The van der Waals surface area contributed by atoms with Crippen molar-refractivity contribution in [1.29, 1.82) is 0 Å². The lowest BCUT2D eigenvalue weighted by molar-refractivity contribution is -0.122. The van der Waals surface area contributed by atoms with Gasteiger partial charge in [-0.2, -0.15) is 0 Å². The molecule has 0 bridgehead atoms. The van der Waals surface area contributed by atoms with E-state index in [-0.39, 0.29) is 11.9 Å². The number of anilines is 2. The first-order valence-electron chi connectivity index (χ1n) is 7.71. The van der Waals surface area contributed by atoms with Crippen molar-refractivity contribution >= 4 is 34.9 Å². The Morgan fingerprint density at radius 3 is 2.20 bits per heavy atom. The van der Waals surface area contributed by atoms with Crippen molar-refractivity contribution in [3.05, 3.63) is 53.1 Å². The standard InChI is InChI=1S/C18H20ClN3O3/c1-11-10-13(19)4-9-16(11)25-12(2)17(23)21-14-5-7-15(8-6-14)22-18(24)20-3/h4-10,12H,1-3H3,(H,21,23)(H2,20,22,24)/t12-/m0/s1. The van der Waals surface area contributed by atoms with E-state index < -0.39 is 6.10 Å². The lowest BCUT2D eigenvalue weighted by Gasteiger charge is -2.16. The minimum absolute atomic E-state index is 0.277. The number of hydrogen-bond donors (Lipinski definition) is 3. The molecule has 2 aromatic rings. The van der Waals surface area contributed by atoms with Gasteiger partial charge < -0.3 is 20.7 Å². The van der Waals surface area contributed by atoms with Crippen molar-refractivity contribution in [2.75, 3.05) is 17.7 Å². The first-order valence-corrected chi connectivity index (χ1v) is 8.09. The smallest absolute Gasteiger partial charge is 0.318 e. The maximum atomic E-state index is 12.3. The molecule has 1 atom stereocenters. The molecule has 7 heteroatoms. The summed E-state index contributed by atoms with van der Waals surface area (Å²) in [4.78, 5) is 23.5. The van der Waals surface area contributed by atoms with Crippen molar-refractivity contribution in [2.24, 2.45) is 0 Å². The Kier molecular flexibility index (Phi) is 6.25. The van der Waals surface area contributed by atoms with Crippen LogP contribution in [-0.4, -0.2) is 25.1 Å². The maximum Gasteiger partial charge on any atom is 0.318 e. The molecule has 0 radical (unpaired) electrons. The van der Waals surface area contributed by atoms with Crippen molar-refractivity contribution < 1.29 is 14.3 Å². The summed E-state index contributed by atoms with van der Waals surface area (Å²) in [6.45, 7) is 3.54. The van der Waals surface area contributed by atoms with E-state index in [1.54, 1.807) is 49.4 Å². The predicted octanol–water partition coefficient (Wildman–Crippen LogP) is 3.81. The molecule has 0 aliphatic heterocycles. The number of benzene rings is 2. The number of carbonyl (C=O) groups excluding carboxylic acids is 2. The molecule has 0 aromatic heterocycles. The summed E-state index contributed by atoms with van der Waals surface area (Å²) in [6.07, 6.45) is -0.677. The van der Waals surface area contributed by atoms with Gasteiger partial charge in [0.25, 0.3) is 5.91 Å². The molecule has 3 amide bonds. The predicted molar refractivity (Wildman–Crippen MR) is 99.4 cm³/mol. The van der Waals surface area contributed by atoms with Gasteiger partial charge in [0.15, 0.2) is 6.10 Å². The van der Waals surface area contributed by atoms with Crippen LogP contribution in [0.1, 0.15) is 12.5 Å². The largest absolute Gasteiger partial charge is 0.481 e. The highest BCUT2D eigenvalue weighted by Crippen LogP contribution is 2.23. The molecule has 0 saturated carbocycles. The summed E-state index contributed by atoms with van der Waals surface area (Å²) < 4.78 is 5.69. The van der Waals surface area contributed by atoms with Crippen LogP contribution in [0, 0.1) is 6.92 Å². The first-order chi connectivity index (χ1) is 11.9. The van der Waals surface area contributed by atoms with Gasteiger partial charge in [0, 0.05) is 23.4 Å². The number of rotatable bonds is 5. The number of halogens is 1.